The van der Waals surface area contributed by atoms with Crippen LogP contribution in [0.1, 0.15) is 78.4 Å². The molecule has 1 aromatic rings. The Kier molecular flexibility index (Phi) is 7.83. The number of rotatable bonds is 5. The predicted molar refractivity (Wildman–Crippen MR) is 122 cm³/mol. The first-order chi connectivity index (χ1) is 12.9. The van der Waals surface area contributed by atoms with Gasteiger partial charge < -0.3 is 9.84 Å². The number of carbonyl (C=O) groups is 1. The van der Waals surface area contributed by atoms with E-state index in [2.05, 4.69) is 53.7 Å². The molecule has 1 N–H and O–H groups in total. The molecular weight excluding hydrogens is 388 g/mol. The van der Waals surface area contributed by atoms with Gasteiger partial charge in [0.05, 0.1) is 12.9 Å². The molecule has 2 rings (SSSR count). The number of hydrogen-bond donors (Lipinski definition) is 1. The molecule has 0 amide bonds. The Morgan fingerprint density at radius 2 is 1.54 bits per heavy atom. The SMILES string of the molecule is COC(=O)CSC1CCCCC1Sc1cc(C(C)(C)C)c(O)c(C(C)(C)C)c1. The van der Waals surface area contributed by atoms with Crippen molar-refractivity contribution in [3.63, 3.8) is 0 Å². The number of hydrogen-bond acceptors (Lipinski definition) is 5. The van der Waals surface area contributed by atoms with Crippen LogP contribution in [-0.4, -0.2) is 34.4 Å². The minimum absolute atomic E-state index is 0.119. The van der Waals surface area contributed by atoms with E-state index in [0.29, 0.717) is 22.0 Å². The first-order valence-electron chi connectivity index (χ1n) is 10.2. The molecule has 1 fully saturated rings. The Morgan fingerprint density at radius 3 is 2.00 bits per heavy atom. The van der Waals surface area contributed by atoms with Crippen molar-refractivity contribution in [2.75, 3.05) is 12.9 Å². The Bertz CT molecular complexity index is 651. The number of benzene rings is 1. The van der Waals surface area contributed by atoms with E-state index < -0.39 is 0 Å². The van der Waals surface area contributed by atoms with Crippen LogP contribution >= 0.6 is 23.5 Å². The number of ether oxygens (including phenoxy) is 1. The first kappa shape index (κ1) is 23.5. The average Bonchev–Trinajstić information content (AvgIpc) is 2.60. The molecular formula is C23H36O3S2. The van der Waals surface area contributed by atoms with Crippen LogP contribution in [0.5, 0.6) is 5.75 Å². The van der Waals surface area contributed by atoms with Crippen LogP contribution in [0.2, 0.25) is 0 Å². The van der Waals surface area contributed by atoms with Crippen LogP contribution in [0.25, 0.3) is 0 Å². The highest BCUT2D eigenvalue weighted by atomic mass is 32.2. The summed E-state index contributed by atoms with van der Waals surface area (Å²) in [6.07, 6.45) is 4.78. The minimum atomic E-state index is -0.144. The van der Waals surface area contributed by atoms with Crippen molar-refractivity contribution in [2.45, 2.75) is 93.5 Å². The fourth-order valence-electron chi connectivity index (χ4n) is 3.62. The van der Waals surface area contributed by atoms with Gasteiger partial charge in [-0.05, 0) is 35.8 Å². The fourth-order valence-corrected chi connectivity index (χ4v) is 6.46. The topological polar surface area (TPSA) is 46.5 Å². The molecule has 0 saturated heterocycles. The Labute approximate surface area is 179 Å². The van der Waals surface area contributed by atoms with Crippen molar-refractivity contribution >= 4 is 29.5 Å². The van der Waals surface area contributed by atoms with Crippen molar-refractivity contribution in [3.8, 4) is 5.75 Å². The van der Waals surface area contributed by atoms with Crippen molar-refractivity contribution in [1.82, 2.24) is 0 Å². The maximum atomic E-state index is 11.6. The van der Waals surface area contributed by atoms with E-state index >= 15 is 0 Å². The van der Waals surface area contributed by atoms with Crippen LogP contribution in [0.4, 0.5) is 0 Å². The lowest BCUT2D eigenvalue weighted by Gasteiger charge is -2.32. The summed E-state index contributed by atoms with van der Waals surface area (Å²) < 4.78 is 4.82. The zero-order valence-electron chi connectivity index (χ0n) is 18.4. The quantitative estimate of drug-likeness (QED) is 0.562. The van der Waals surface area contributed by atoms with Gasteiger partial charge in [-0.2, -0.15) is 0 Å². The van der Waals surface area contributed by atoms with Gasteiger partial charge in [-0.1, -0.05) is 54.4 Å². The van der Waals surface area contributed by atoms with Gasteiger partial charge in [0.15, 0.2) is 0 Å². The standard InChI is InChI=1S/C23H36O3S2/c1-22(2,3)16-12-15(13-17(21(16)25)23(4,5)6)28-19-11-9-8-10-18(19)27-14-20(24)26-7/h12-13,18-19,25H,8-11,14H2,1-7H3. The van der Waals surface area contributed by atoms with Crippen LogP contribution in [0.15, 0.2) is 17.0 Å². The van der Waals surface area contributed by atoms with Gasteiger partial charge in [0.25, 0.3) is 0 Å². The van der Waals surface area contributed by atoms with Crippen LogP contribution in [0, 0.1) is 0 Å². The number of phenols is 1. The number of thioether (sulfide) groups is 2. The van der Waals surface area contributed by atoms with Crippen LogP contribution in [-0.2, 0) is 20.4 Å². The molecule has 28 heavy (non-hydrogen) atoms. The van der Waals surface area contributed by atoms with Gasteiger partial charge in [-0.25, -0.2) is 0 Å². The molecule has 2 unspecified atom stereocenters. The molecule has 1 saturated carbocycles. The predicted octanol–water partition coefficient (Wildman–Crippen LogP) is 6.30. The highest BCUT2D eigenvalue weighted by Gasteiger charge is 2.30. The van der Waals surface area contributed by atoms with E-state index in [1.165, 1.54) is 31.3 Å². The third kappa shape index (κ3) is 6.09. The number of esters is 1. The molecule has 1 aliphatic carbocycles. The second kappa shape index (κ2) is 9.34. The van der Waals surface area contributed by atoms with E-state index in [1.54, 1.807) is 11.8 Å². The summed E-state index contributed by atoms with van der Waals surface area (Å²) in [7, 11) is 1.45. The molecule has 1 aliphatic rings. The summed E-state index contributed by atoms with van der Waals surface area (Å²) in [6.45, 7) is 12.9. The van der Waals surface area contributed by atoms with Gasteiger partial charge in [0.1, 0.15) is 5.75 Å². The highest BCUT2D eigenvalue weighted by molar-refractivity contribution is 8.04. The molecule has 0 heterocycles. The normalized spacial score (nSPS) is 20.8. The van der Waals surface area contributed by atoms with E-state index in [0.717, 1.165) is 17.5 Å². The van der Waals surface area contributed by atoms with Crippen LogP contribution in [0.3, 0.4) is 0 Å². The molecule has 0 aromatic heterocycles. The molecule has 0 aliphatic heterocycles. The molecule has 0 bridgehead atoms. The number of aromatic hydroxyl groups is 1. The monoisotopic (exact) mass is 424 g/mol. The first-order valence-corrected chi connectivity index (χ1v) is 12.1. The number of methoxy groups -OCH3 is 1. The van der Waals surface area contributed by atoms with E-state index in [9.17, 15) is 9.90 Å². The fraction of sp³-hybridized carbons (Fsp3) is 0.696. The van der Waals surface area contributed by atoms with Gasteiger partial charge in [-0.3, -0.25) is 4.79 Å². The summed E-state index contributed by atoms with van der Waals surface area (Å²) >= 11 is 3.65. The lowest BCUT2D eigenvalue weighted by molar-refractivity contribution is -0.137. The van der Waals surface area contributed by atoms with Gasteiger partial charge in [0, 0.05) is 26.5 Å². The van der Waals surface area contributed by atoms with Crippen molar-refractivity contribution in [1.29, 1.82) is 0 Å². The second-order valence-electron chi connectivity index (χ2n) is 9.73. The molecule has 158 valence electrons. The van der Waals surface area contributed by atoms with Gasteiger partial charge in [0.2, 0.25) is 0 Å². The minimum Gasteiger partial charge on any atom is -0.507 e. The molecule has 1 aromatic carbocycles. The Hall–Kier alpha value is -0.810. The largest absolute Gasteiger partial charge is 0.507 e. The van der Waals surface area contributed by atoms with E-state index in [4.69, 9.17) is 4.74 Å². The third-order valence-corrected chi connectivity index (χ3v) is 8.21. The molecule has 0 spiro atoms. The number of phenolic OH excluding ortho intramolecular Hbond substituents is 1. The molecule has 0 radical (unpaired) electrons. The van der Waals surface area contributed by atoms with Gasteiger partial charge in [-0.15, -0.1) is 23.5 Å². The van der Waals surface area contributed by atoms with E-state index in [-0.39, 0.29) is 16.8 Å². The van der Waals surface area contributed by atoms with Crippen molar-refractivity contribution < 1.29 is 14.6 Å². The summed E-state index contributed by atoms with van der Waals surface area (Å²) in [5, 5.41) is 11.9. The smallest absolute Gasteiger partial charge is 0.315 e. The molecule has 3 nitrogen and oxygen atoms in total. The summed E-state index contributed by atoms with van der Waals surface area (Å²) in [5.74, 6) is 0.715. The zero-order chi connectivity index (χ0) is 21.1. The summed E-state index contributed by atoms with van der Waals surface area (Å²) in [5.41, 5.74) is 1.78. The van der Waals surface area contributed by atoms with Crippen molar-refractivity contribution in [2.24, 2.45) is 0 Å². The zero-order valence-corrected chi connectivity index (χ0v) is 20.1. The Morgan fingerprint density at radius 1 is 1.04 bits per heavy atom. The Balaban J connectivity index is 2.31. The van der Waals surface area contributed by atoms with E-state index in [1.807, 2.05) is 11.8 Å². The lowest BCUT2D eigenvalue weighted by atomic mass is 9.79. The third-order valence-electron chi connectivity index (χ3n) is 5.27. The van der Waals surface area contributed by atoms with Crippen molar-refractivity contribution in [3.05, 3.63) is 23.3 Å². The maximum absolute atomic E-state index is 11.6. The highest BCUT2D eigenvalue weighted by Crippen LogP contribution is 2.45. The summed E-state index contributed by atoms with van der Waals surface area (Å²) in [6, 6.07) is 4.34. The summed E-state index contributed by atoms with van der Waals surface area (Å²) in [4.78, 5) is 12.8. The lowest BCUT2D eigenvalue weighted by Crippen LogP contribution is -2.26. The van der Waals surface area contributed by atoms with Crippen LogP contribution < -0.4 is 0 Å². The maximum Gasteiger partial charge on any atom is 0.315 e. The number of carbonyl (C=O) groups excluding carboxylic acids is 1. The molecule has 5 heteroatoms. The van der Waals surface area contributed by atoms with Gasteiger partial charge >= 0.3 is 5.97 Å². The average molecular weight is 425 g/mol. The molecule has 2 atom stereocenters. The second-order valence-corrected chi connectivity index (χ2v) is 12.3.